The first-order valence-corrected chi connectivity index (χ1v) is 11.1. The van der Waals surface area contributed by atoms with E-state index in [9.17, 15) is 4.79 Å². The highest BCUT2D eigenvalue weighted by atomic mass is 32.2. The van der Waals surface area contributed by atoms with Gasteiger partial charge in [0.15, 0.2) is 0 Å². The van der Waals surface area contributed by atoms with Gasteiger partial charge in [-0.1, -0.05) is 49.4 Å². The Morgan fingerprint density at radius 1 is 1.07 bits per heavy atom. The number of hydrogen-bond acceptors (Lipinski definition) is 2. The summed E-state index contributed by atoms with van der Waals surface area (Å²) in [6, 6.07) is 17.0. The molecule has 3 aromatic rings. The van der Waals surface area contributed by atoms with Crippen LogP contribution in [0.25, 0.3) is 10.9 Å². The molecule has 1 aromatic heterocycles. The lowest BCUT2D eigenvalue weighted by Crippen LogP contribution is -2.39. The molecule has 0 atom stereocenters. The van der Waals surface area contributed by atoms with Crippen molar-refractivity contribution < 1.29 is 4.79 Å². The third-order valence-electron chi connectivity index (χ3n) is 5.84. The molecule has 4 heteroatoms. The van der Waals surface area contributed by atoms with Gasteiger partial charge in [0, 0.05) is 40.8 Å². The lowest BCUT2D eigenvalue weighted by atomic mass is 9.99. The van der Waals surface area contributed by atoms with Gasteiger partial charge in [-0.2, -0.15) is 0 Å². The van der Waals surface area contributed by atoms with Gasteiger partial charge in [0.05, 0.1) is 0 Å². The third-order valence-corrected chi connectivity index (χ3v) is 6.93. The molecular formula is C24H28N2OS. The quantitative estimate of drug-likeness (QED) is 0.536. The number of rotatable bonds is 5. The number of benzene rings is 2. The average molecular weight is 393 g/mol. The van der Waals surface area contributed by atoms with Gasteiger partial charge in [-0.25, -0.2) is 0 Å². The van der Waals surface area contributed by atoms with Crippen LogP contribution in [0.4, 0.5) is 0 Å². The number of aryl methyl sites for hydroxylation is 1. The minimum atomic E-state index is 0.239. The Morgan fingerprint density at radius 2 is 1.79 bits per heavy atom. The van der Waals surface area contributed by atoms with Crippen LogP contribution >= 0.6 is 11.8 Å². The molecule has 0 spiro atoms. The summed E-state index contributed by atoms with van der Waals surface area (Å²) in [5.74, 6) is 1.92. The lowest BCUT2D eigenvalue weighted by Gasteiger charge is -2.30. The van der Waals surface area contributed by atoms with E-state index in [1.54, 1.807) is 0 Å². The maximum atomic E-state index is 12.8. The highest BCUT2D eigenvalue weighted by Crippen LogP contribution is 2.33. The standard InChI is InChI=1S/C24H28N2OS/c1-18-11-13-25(14-12-18)24(27)16-26-15-23(21-9-5-6-10-22(21)26)28-17-20-8-4-3-7-19(20)2/h3-10,15,18H,11-14,16-17H2,1-2H3. The number of nitrogens with zero attached hydrogens (tertiary/aromatic N) is 2. The molecule has 0 aliphatic carbocycles. The third kappa shape index (κ3) is 4.12. The van der Waals surface area contributed by atoms with E-state index in [0.29, 0.717) is 6.54 Å². The Bertz CT molecular complexity index is 970. The molecule has 4 rings (SSSR count). The Hall–Kier alpha value is -2.20. The second-order valence-corrected chi connectivity index (χ2v) is 8.93. The van der Waals surface area contributed by atoms with Crippen molar-refractivity contribution >= 4 is 28.6 Å². The van der Waals surface area contributed by atoms with E-state index in [1.807, 2.05) is 16.7 Å². The van der Waals surface area contributed by atoms with E-state index < -0.39 is 0 Å². The van der Waals surface area contributed by atoms with Crippen LogP contribution in [0.5, 0.6) is 0 Å². The molecule has 1 amide bonds. The SMILES string of the molecule is Cc1ccccc1CSc1cn(CC(=O)N2CCC(C)CC2)c2ccccc12. The lowest BCUT2D eigenvalue weighted by molar-refractivity contribution is -0.133. The Morgan fingerprint density at radius 3 is 2.57 bits per heavy atom. The number of carbonyl (C=O) groups excluding carboxylic acids is 1. The number of amides is 1. The summed E-state index contributed by atoms with van der Waals surface area (Å²) >= 11 is 1.86. The Balaban J connectivity index is 1.53. The molecule has 2 heterocycles. The zero-order valence-electron chi connectivity index (χ0n) is 16.7. The predicted molar refractivity (Wildman–Crippen MR) is 118 cm³/mol. The maximum absolute atomic E-state index is 12.8. The fourth-order valence-electron chi connectivity index (χ4n) is 3.89. The molecular weight excluding hydrogens is 364 g/mol. The minimum absolute atomic E-state index is 0.239. The molecule has 0 N–H and O–H groups in total. The summed E-state index contributed by atoms with van der Waals surface area (Å²) in [5, 5.41) is 1.24. The number of para-hydroxylation sites is 1. The van der Waals surface area contributed by atoms with Crippen LogP contribution in [0.15, 0.2) is 59.6 Å². The van der Waals surface area contributed by atoms with E-state index >= 15 is 0 Å². The van der Waals surface area contributed by atoms with Crippen LogP contribution in [0, 0.1) is 12.8 Å². The van der Waals surface area contributed by atoms with Gasteiger partial charge in [0.25, 0.3) is 0 Å². The normalized spacial score (nSPS) is 15.3. The zero-order valence-corrected chi connectivity index (χ0v) is 17.5. The monoisotopic (exact) mass is 392 g/mol. The van der Waals surface area contributed by atoms with Gasteiger partial charge in [0.2, 0.25) is 5.91 Å². The van der Waals surface area contributed by atoms with E-state index in [0.717, 1.165) is 43.1 Å². The van der Waals surface area contributed by atoms with Crippen LogP contribution in [-0.4, -0.2) is 28.5 Å². The van der Waals surface area contributed by atoms with Crippen LogP contribution in [-0.2, 0) is 17.1 Å². The summed E-state index contributed by atoms with van der Waals surface area (Å²) in [5.41, 5.74) is 3.84. The number of aromatic nitrogens is 1. The highest BCUT2D eigenvalue weighted by Gasteiger charge is 2.21. The number of thioether (sulfide) groups is 1. The first kappa shape index (κ1) is 19.1. The van der Waals surface area contributed by atoms with Crippen molar-refractivity contribution in [3.8, 4) is 0 Å². The number of carbonyl (C=O) groups is 1. The molecule has 1 aliphatic rings. The van der Waals surface area contributed by atoms with Crippen molar-refractivity contribution in [1.29, 1.82) is 0 Å². The molecule has 2 aromatic carbocycles. The summed E-state index contributed by atoms with van der Waals surface area (Å²) in [7, 11) is 0. The van der Waals surface area contributed by atoms with Crippen LogP contribution in [0.3, 0.4) is 0 Å². The second-order valence-electron chi connectivity index (χ2n) is 7.92. The van der Waals surface area contributed by atoms with Gasteiger partial charge < -0.3 is 9.47 Å². The maximum Gasteiger partial charge on any atom is 0.242 e. The molecule has 0 radical (unpaired) electrons. The van der Waals surface area contributed by atoms with Crippen LogP contribution in [0.2, 0.25) is 0 Å². The van der Waals surface area contributed by atoms with Crippen molar-refractivity contribution in [1.82, 2.24) is 9.47 Å². The molecule has 146 valence electrons. The largest absolute Gasteiger partial charge is 0.341 e. The molecule has 0 unspecified atom stereocenters. The molecule has 0 bridgehead atoms. The second kappa shape index (κ2) is 8.44. The first-order chi connectivity index (χ1) is 13.6. The predicted octanol–water partition coefficient (Wildman–Crippen LogP) is 5.50. The number of hydrogen-bond donors (Lipinski definition) is 0. The minimum Gasteiger partial charge on any atom is -0.341 e. The van der Waals surface area contributed by atoms with Crippen molar-refractivity contribution in [3.63, 3.8) is 0 Å². The van der Waals surface area contributed by atoms with E-state index in [-0.39, 0.29) is 5.91 Å². The topological polar surface area (TPSA) is 25.2 Å². The Kier molecular flexibility index (Phi) is 5.77. The van der Waals surface area contributed by atoms with Gasteiger partial charge in [-0.15, -0.1) is 11.8 Å². The molecule has 28 heavy (non-hydrogen) atoms. The van der Waals surface area contributed by atoms with Crippen molar-refractivity contribution in [2.24, 2.45) is 5.92 Å². The zero-order chi connectivity index (χ0) is 19.5. The van der Waals surface area contributed by atoms with Crippen LogP contribution in [0.1, 0.15) is 30.9 Å². The van der Waals surface area contributed by atoms with Gasteiger partial charge in [0.1, 0.15) is 6.54 Å². The van der Waals surface area contributed by atoms with Gasteiger partial charge in [-0.3, -0.25) is 4.79 Å². The number of fused-ring (bicyclic) bond motifs is 1. The van der Waals surface area contributed by atoms with Crippen molar-refractivity contribution in [3.05, 3.63) is 65.9 Å². The highest BCUT2D eigenvalue weighted by molar-refractivity contribution is 7.98. The molecule has 1 aliphatic heterocycles. The molecule has 1 fully saturated rings. The van der Waals surface area contributed by atoms with Crippen molar-refractivity contribution in [2.75, 3.05) is 13.1 Å². The fraction of sp³-hybridized carbons (Fsp3) is 0.375. The van der Waals surface area contributed by atoms with E-state index in [1.165, 1.54) is 21.4 Å². The first-order valence-electron chi connectivity index (χ1n) is 10.1. The van der Waals surface area contributed by atoms with Gasteiger partial charge in [-0.05, 0) is 42.9 Å². The summed E-state index contributed by atoms with van der Waals surface area (Å²) in [4.78, 5) is 16.1. The Labute approximate surface area is 171 Å². The van der Waals surface area contributed by atoms with E-state index in [2.05, 4.69) is 73.1 Å². The summed E-state index contributed by atoms with van der Waals surface area (Å²) in [6.07, 6.45) is 4.41. The molecule has 1 saturated heterocycles. The number of piperidine rings is 1. The average Bonchev–Trinajstić information content (AvgIpc) is 3.05. The van der Waals surface area contributed by atoms with Gasteiger partial charge >= 0.3 is 0 Å². The fourth-order valence-corrected chi connectivity index (χ4v) is 5.05. The summed E-state index contributed by atoms with van der Waals surface area (Å²) in [6.45, 7) is 6.67. The van der Waals surface area contributed by atoms with Crippen LogP contribution < -0.4 is 0 Å². The smallest absolute Gasteiger partial charge is 0.242 e. The summed E-state index contributed by atoms with van der Waals surface area (Å²) < 4.78 is 2.13. The van der Waals surface area contributed by atoms with E-state index in [4.69, 9.17) is 0 Å². The molecule has 0 saturated carbocycles. The molecule has 3 nitrogen and oxygen atoms in total. The number of likely N-dealkylation sites (tertiary alicyclic amines) is 1. The van der Waals surface area contributed by atoms with Crippen molar-refractivity contribution in [2.45, 2.75) is 43.9 Å².